The van der Waals surface area contributed by atoms with Crippen molar-refractivity contribution in [3.63, 3.8) is 0 Å². The molecule has 3 N–H and O–H groups in total. The fourth-order valence-corrected chi connectivity index (χ4v) is 6.82. The molecule has 0 fully saturated rings. The molecule has 0 unspecified atom stereocenters. The first kappa shape index (κ1) is 36.0. The molecule has 2 atom stereocenters. The van der Waals surface area contributed by atoms with Crippen LogP contribution < -0.4 is 15.6 Å². The van der Waals surface area contributed by atoms with E-state index in [1.807, 2.05) is 0 Å². The number of hydrogen-bond donors (Lipinski definition) is 3. The minimum Gasteiger partial charge on any atom is -0.494 e. The number of nitrogens with zero attached hydrogens (tertiary/aromatic N) is 4. The van der Waals surface area contributed by atoms with E-state index >= 15 is 0 Å². The second-order valence-corrected chi connectivity index (χ2v) is 13.4. The quantitative estimate of drug-likeness (QED) is 0.0455. The van der Waals surface area contributed by atoms with Gasteiger partial charge in [-0.1, -0.05) is 47.6 Å². The van der Waals surface area contributed by atoms with Gasteiger partial charge in [0.15, 0.2) is 21.5 Å². The summed E-state index contributed by atoms with van der Waals surface area (Å²) in [6.07, 6.45) is -1.14. The third-order valence-electron chi connectivity index (χ3n) is 8.01. The number of benzene rings is 4. The molecule has 4 aromatic rings. The minimum absolute atomic E-state index is 0.0263. The number of carbonyl (C=O) groups excluding carboxylic acids is 1. The van der Waals surface area contributed by atoms with E-state index in [0.717, 1.165) is 18.2 Å². The normalized spacial score (nSPS) is 16.9. The first-order valence-corrected chi connectivity index (χ1v) is 17.3. The molecule has 0 saturated heterocycles. The molecular weight excluding hydrogens is 670 g/mol. The lowest BCUT2D eigenvalue weighted by Crippen LogP contribution is -2.53. The molecule has 0 radical (unpaired) electrons. The zero-order valence-electron chi connectivity index (χ0n) is 26.7. The Morgan fingerprint density at radius 1 is 1.02 bits per heavy atom. The molecule has 1 aliphatic rings. The Kier molecular flexibility index (Phi) is 11.8. The van der Waals surface area contributed by atoms with E-state index in [-0.39, 0.29) is 42.5 Å². The Morgan fingerprint density at radius 2 is 1.76 bits per heavy atom. The Bertz CT molecular complexity index is 1990. The maximum Gasteiger partial charge on any atom is 0.266 e. The number of rotatable bonds is 16. The predicted octanol–water partition coefficient (Wildman–Crippen LogP) is 5.48. The molecule has 4 aromatic carbocycles. The number of aliphatic imine (C=N–C) groups is 1. The largest absolute Gasteiger partial charge is 0.494 e. The maximum atomic E-state index is 14.4. The van der Waals surface area contributed by atoms with Crippen molar-refractivity contribution < 1.29 is 36.6 Å². The molecule has 0 spiro atoms. The number of sulfone groups is 1. The summed E-state index contributed by atoms with van der Waals surface area (Å²) >= 11 is 0. The van der Waals surface area contributed by atoms with Crippen molar-refractivity contribution >= 4 is 21.6 Å². The van der Waals surface area contributed by atoms with Crippen LogP contribution in [-0.2, 0) is 32.5 Å². The number of aliphatic hydroxyl groups excluding tert-OH is 1. The number of nitrogens with one attached hydrogen (secondary N) is 2. The van der Waals surface area contributed by atoms with Crippen molar-refractivity contribution in [2.24, 2.45) is 10.1 Å². The number of aliphatic hydroxyl groups is 1. The summed E-state index contributed by atoms with van der Waals surface area (Å²) in [5, 5.41) is 12.8. The van der Waals surface area contributed by atoms with E-state index in [9.17, 15) is 22.0 Å². The highest BCUT2D eigenvalue weighted by Gasteiger charge is 2.54. The van der Waals surface area contributed by atoms with Crippen LogP contribution in [0.4, 0.5) is 8.78 Å². The van der Waals surface area contributed by atoms with Crippen LogP contribution in [0.5, 0.6) is 5.75 Å². The number of hydrazine groups is 1. The molecule has 0 saturated carbocycles. The highest BCUT2D eigenvalue weighted by Crippen LogP contribution is 2.44. The average molecular weight is 705 g/mol. The molecule has 1 aliphatic heterocycles. The van der Waals surface area contributed by atoms with Crippen molar-refractivity contribution in [2.45, 2.75) is 42.5 Å². The molecule has 0 bridgehead atoms. The third kappa shape index (κ3) is 8.44. The number of hydrogen-bond acceptors (Lipinski definition) is 9. The van der Waals surface area contributed by atoms with Crippen molar-refractivity contribution in [3.8, 4) is 5.75 Å². The zero-order chi connectivity index (χ0) is 35.6. The van der Waals surface area contributed by atoms with Crippen LogP contribution in [0.15, 0.2) is 112 Å². The van der Waals surface area contributed by atoms with Crippen LogP contribution in [-0.4, -0.2) is 49.8 Å². The topological polar surface area (TPSA) is 175 Å². The maximum absolute atomic E-state index is 14.4. The summed E-state index contributed by atoms with van der Waals surface area (Å²) in [7, 11) is -3.94. The Morgan fingerprint density at radius 3 is 2.50 bits per heavy atom. The summed E-state index contributed by atoms with van der Waals surface area (Å²) in [5.41, 5.74) is 13.6. The molecule has 1 heterocycles. The molecule has 15 heteroatoms. The molecule has 0 aromatic heterocycles. The second-order valence-electron chi connectivity index (χ2n) is 11.3. The monoisotopic (exact) mass is 704 g/mol. The van der Waals surface area contributed by atoms with Crippen molar-refractivity contribution in [1.29, 1.82) is 0 Å². The van der Waals surface area contributed by atoms with E-state index in [0.29, 0.717) is 35.5 Å². The average Bonchev–Trinajstić information content (AvgIpc) is 3.53. The summed E-state index contributed by atoms with van der Waals surface area (Å²) in [6, 6.07) is 24.1. The lowest BCUT2D eigenvalue weighted by Gasteiger charge is -2.31. The predicted molar refractivity (Wildman–Crippen MR) is 180 cm³/mol. The van der Waals surface area contributed by atoms with Gasteiger partial charge in [-0.3, -0.25) is 10.2 Å². The van der Waals surface area contributed by atoms with Gasteiger partial charge in [0.25, 0.3) is 5.91 Å². The zero-order valence-corrected chi connectivity index (χ0v) is 27.5. The fraction of sp³-hybridized carbons (Fsp3) is 0.257. The molecule has 50 heavy (non-hydrogen) atoms. The van der Waals surface area contributed by atoms with Crippen molar-refractivity contribution in [2.75, 3.05) is 19.0 Å². The first-order valence-electron chi connectivity index (χ1n) is 15.6. The van der Waals surface area contributed by atoms with Crippen LogP contribution >= 0.6 is 0 Å². The van der Waals surface area contributed by atoms with Gasteiger partial charge in [0.05, 0.1) is 23.8 Å². The van der Waals surface area contributed by atoms with Crippen molar-refractivity contribution in [1.82, 2.24) is 10.9 Å². The highest BCUT2D eigenvalue weighted by atomic mass is 32.2. The number of ether oxygens (including phenoxy) is 2. The molecule has 1 amide bonds. The van der Waals surface area contributed by atoms with Gasteiger partial charge in [-0.15, -0.1) is 0 Å². The van der Waals surface area contributed by atoms with E-state index in [1.54, 1.807) is 66.7 Å². The minimum atomic E-state index is -3.94. The molecular formula is C35H34F2N6O6S. The van der Waals surface area contributed by atoms with Gasteiger partial charge in [-0.2, -0.15) is 0 Å². The number of azide groups is 1. The van der Waals surface area contributed by atoms with E-state index in [4.69, 9.17) is 25.1 Å². The second kappa shape index (κ2) is 16.4. The number of carbonyl (C=O) groups is 1. The van der Waals surface area contributed by atoms with Gasteiger partial charge in [0.1, 0.15) is 17.4 Å². The summed E-state index contributed by atoms with van der Waals surface area (Å²) in [6.45, 7) is -0.135. The van der Waals surface area contributed by atoms with Gasteiger partial charge < -0.3 is 14.6 Å². The Hall–Kier alpha value is -5.34. The van der Waals surface area contributed by atoms with E-state index < -0.39 is 44.8 Å². The first-order chi connectivity index (χ1) is 24.2. The van der Waals surface area contributed by atoms with Gasteiger partial charge in [0, 0.05) is 42.0 Å². The van der Waals surface area contributed by atoms with Crippen molar-refractivity contribution in [3.05, 3.63) is 141 Å². The van der Waals surface area contributed by atoms with Gasteiger partial charge in [-0.25, -0.2) is 27.6 Å². The van der Waals surface area contributed by atoms with Crippen LogP contribution in [0.25, 0.3) is 10.4 Å². The third-order valence-corrected chi connectivity index (χ3v) is 9.75. The molecule has 0 aliphatic carbocycles. The van der Waals surface area contributed by atoms with Crippen LogP contribution in [0.3, 0.4) is 0 Å². The van der Waals surface area contributed by atoms with Crippen LogP contribution in [0, 0.1) is 11.6 Å². The van der Waals surface area contributed by atoms with E-state index in [1.165, 1.54) is 12.1 Å². The van der Waals surface area contributed by atoms with Crippen LogP contribution in [0.1, 0.15) is 41.2 Å². The van der Waals surface area contributed by atoms with E-state index in [2.05, 4.69) is 20.9 Å². The highest BCUT2D eigenvalue weighted by molar-refractivity contribution is 7.91. The molecule has 12 nitrogen and oxygen atoms in total. The summed E-state index contributed by atoms with van der Waals surface area (Å²) in [5.74, 6) is -2.15. The lowest BCUT2D eigenvalue weighted by atomic mass is 9.83. The summed E-state index contributed by atoms with van der Waals surface area (Å²) < 4.78 is 67.5. The Labute approximate surface area is 287 Å². The molecule has 5 rings (SSSR count). The summed E-state index contributed by atoms with van der Waals surface area (Å²) in [4.78, 5) is 22.1. The van der Waals surface area contributed by atoms with Gasteiger partial charge in [-0.05, 0) is 71.3 Å². The fourth-order valence-electron chi connectivity index (χ4n) is 5.43. The molecule has 260 valence electrons. The Balaban J connectivity index is 1.57. The van der Waals surface area contributed by atoms with Gasteiger partial charge in [0.2, 0.25) is 5.90 Å². The number of halogens is 2. The SMILES string of the molecule is [N-]=[N+]=NCc1ccccc1[C@@H]1OC(c2ccc(OCCCO)cc2)=N[C@]1(CCS(=O)(=O)c1ccccc1)C(=O)NNCc1cc(F)ccc1F. The lowest BCUT2D eigenvalue weighted by molar-refractivity contribution is -0.130. The van der Waals surface area contributed by atoms with Gasteiger partial charge >= 0.3 is 0 Å². The number of amides is 1. The smallest absolute Gasteiger partial charge is 0.266 e. The standard InChI is InChI=1S/C35H34F2N6O6S/c36-27-13-16-31(37)26(21-27)23-39-42-34(45)35(17-20-50(46,47)29-8-2-1-3-9-29)32(30-10-5-4-7-25(30)22-40-43-38)49-33(41-35)24-11-14-28(15-12-24)48-19-6-18-44/h1-5,7-16,21,32,39,44H,6,17-20,22-23H2,(H,42,45)/t32-,35-/m0/s1. The van der Waals surface area contributed by atoms with Crippen LogP contribution in [0.2, 0.25) is 0 Å².